The van der Waals surface area contributed by atoms with E-state index in [4.69, 9.17) is 9.47 Å². The second-order valence-electron chi connectivity index (χ2n) is 4.99. The van der Waals surface area contributed by atoms with Gasteiger partial charge in [-0.2, -0.15) is 0 Å². The first-order valence-corrected chi connectivity index (χ1v) is 7.12. The molecule has 0 aromatic heterocycles. The highest BCUT2D eigenvalue weighted by atomic mass is 16.5. The van der Waals surface area contributed by atoms with Gasteiger partial charge in [0, 0.05) is 6.42 Å². The third-order valence-electron chi connectivity index (χ3n) is 3.16. The SMILES string of the molecule is CCNC(CCOc1ccc(C(C)C)cc1)C(=O)OC. The number of esters is 1. The van der Waals surface area contributed by atoms with Crippen molar-refractivity contribution < 1.29 is 14.3 Å². The Morgan fingerprint density at radius 1 is 1.25 bits per heavy atom. The van der Waals surface area contributed by atoms with Gasteiger partial charge in [-0.1, -0.05) is 32.9 Å². The molecule has 0 fully saturated rings. The van der Waals surface area contributed by atoms with Crippen molar-refractivity contribution in [1.82, 2.24) is 5.32 Å². The second kappa shape index (κ2) is 8.59. The van der Waals surface area contributed by atoms with E-state index in [2.05, 4.69) is 31.3 Å². The van der Waals surface area contributed by atoms with Crippen molar-refractivity contribution in [2.75, 3.05) is 20.3 Å². The van der Waals surface area contributed by atoms with Crippen molar-refractivity contribution in [2.24, 2.45) is 0 Å². The molecular formula is C16H25NO3. The van der Waals surface area contributed by atoms with Gasteiger partial charge in [-0.05, 0) is 30.2 Å². The standard InChI is InChI=1S/C16H25NO3/c1-5-17-15(16(18)19-4)10-11-20-14-8-6-13(7-9-14)12(2)3/h6-9,12,15,17H,5,10-11H2,1-4H3. The molecule has 0 saturated heterocycles. The third-order valence-corrected chi connectivity index (χ3v) is 3.16. The summed E-state index contributed by atoms with van der Waals surface area (Å²) in [6.07, 6.45) is 0.590. The van der Waals surface area contributed by atoms with E-state index in [9.17, 15) is 4.79 Å². The zero-order valence-corrected chi connectivity index (χ0v) is 12.8. The van der Waals surface area contributed by atoms with Gasteiger partial charge in [-0.15, -0.1) is 0 Å². The highest BCUT2D eigenvalue weighted by Crippen LogP contribution is 2.18. The van der Waals surface area contributed by atoms with Crippen molar-refractivity contribution in [2.45, 2.75) is 39.2 Å². The first-order valence-electron chi connectivity index (χ1n) is 7.12. The Morgan fingerprint density at radius 2 is 1.90 bits per heavy atom. The van der Waals surface area contributed by atoms with E-state index in [0.717, 1.165) is 12.3 Å². The van der Waals surface area contributed by atoms with E-state index in [1.165, 1.54) is 12.7 Å². The molecule has 0 amide bonds. The molecule has 1 aromatic rings. The summed E-state index contributed by atoms with van der Waals surface area (Å²) in [5.74, 6) is 1.10. The van der Waals surface area contributed by atoms with Crippen molar-refractivity contribution in [1.29, 1.82) is 0 Å². The predicted molar refractivity (Wildman–Crippen MR) is 80.1 cm³/mol. The van der Waals surface area contributed by atoms with Crippen LogP contribution in [0.1, 0.15) is 38.7 Å². The van der Waals surface area contributed by atoms with E-state index in [1.54, 1.807) is 0 Å². The molecule has 4 nitrogen and oxygen atoms in total. The van der Waals surface area contributed by atoms with Crippen LogP contribution in [0, 0.1) is 0 Å². The first kappa shape index (κ1) is 16.5. The molecule has 0 bridgehead atoms. The van der Waals surface area contributed by atoms with Gasteiger partial charge >= 0.3 is 5.97 Å². The number of likely N-dealkylation sites (N-methyl/N-ethyl adjacent to an activating group) is 1. The van der Waals surface area contributed by atoms with Crippen LogP contribution in [0.3, 0.4) is 0 Å². The largest absolute Gasteiger partial charge is 0.494 e. The number of benzene rings is 1. The predicted octanol–water partition coefficient (Wildman–Crippen LogP) is 2.73. The first-order chi connectivity index (χ1) is 9.58. The zero-order valence-electron chi connectivity index (χ0n) is 12.8. The van der Waals surface area contributed by atoms with Crippen molar-refractivity contribution in [3.05, 3.63) is 29.8 Å². The molecule has 0 aliphatic carbocycles. The number of methoxy groups -OCH3 is 1. The van der Waals surface area contributed by atoms with E-state index < -0.39 is 0 Å². The lowest BCUT2D eigenvalue weighted by Gasteiger charge is -2.15. The van der Waals surface area contributed by atoms with E-state index in [0.29, 0.717) is 18.9 Å². The summed E-state index contributed by atoms with van der Waals surface area (Å²) in [5.41, 5.74) is 1.29. The number of carbonyl (C=O) groups excluding carboxylic acids is 1. The molecular weight excluding hydrogens is 254 g/mol. The molecule has 0 saturated carbocycles. The minimum Gasteiger partial charge on any atom is -0.494 e. The molecule has 1 atom stereocenters. The molecule has 1 aromatic carbocycles. The lowest BCUT2D eigenvalue weighted by Crippen LogP contribution is -2.38. The van der Waals surface area contributed by atoms with Gasteiger partial charge in [-0.25, -0.2) is 0 Å². The Hall–Kier alpha value is -1.55. The maximum atomic E-state index is 11.5. The number of hydrogen-bond acceptors (Lipinski definition) is 4. The molecule has 0 spiro atoms. The number of rotatable bonds is 8. The van der Waals surface area contributed by atoms with Crippen LogP contribution >= 0.6 is 0 Å². The molecule has 0 radical (unpaired) electrons. The average molecular weight is 279 g/mol. The van der Waals surface area contributed by atoms with Gasteiger partial charge in [0.25, 0.3) is 0 Å². The lowest BCUT2D eigenvalue weighted by molar-refractivity contribution is -0.143. The van der Waals surface area contributed by atoms with Crippen molar-refractivity contribution in [3.8, 4) is 5.75 Å². The Kier molecular flexibility index (Phi) is 7.09. The highest BCUT2D eigenvalue weighted by Gasteiger charge is 2.17. The van der Waals surface area contributed by atoms with Crippen molar-refractivity contribution >= 4 is 5.97 Å². The maximum Gasteiger partial charge on any atom is 0.322 e. The quantitative estimate of drug-likeness (QED) is 0.743. The van der Waals surface area contributed by atoms with Crippen LogP contribution < -0.4 is 10.1 Å². The number of hydrogen-bond donors (Lipinski definition) is 1. The third kappa shape index (κ3) is 5.21. The minimum absolute atomic E-state index is 0.245. The number of carbonyl (C=O) groups is 1. The molecule has 0 heterocycles. The Balaban J connectivity index is 2.44. The molecule has 0 aliphatic rings. The molecule has 1 N–H and O–H groups in total. The van der Waals surface area contributed by atoms with Gasteiger partial charge in [-0.3, -0.25) is 4.79 Å². The maximum absolute atomic E-state index is 11.5. The van der Waals surface area contributed by atoms with Crippen LogP contribution in [0.25, 0.3) is 0 Å². The topological polar surface area (TPSA) is 47.6 Å². The summed E-state index contributed by atoms with van der Waals surface area (Å²) in [5, 5.41) is 3.09. The summed E-state index contributed by atoms with van der Waals surface area (Å²) >= 11 is 0. The smallest absolute Gasteiger partial charge is 0.322 e. The van der Waals surface area contributed by atoms with Gasteiger partial charge in [0.15, 0.2) is 0 Å². The van der Waals surface area contributed by atoms with E-state index >= 15 is 0 Å². The molecule has 4 heteroatoms. The van der Waals surface area contributed by atoms with Crippen LogP contribution in [0.2, 0.25) is 0 Å². The van der Waals surface area contributed by atoms with E-state index in [-0.39, 0.29) is 12.0 Å². The van der Waals surface area contributed by atoms with Gasteiger partial charge in [0.05, 0.1) is 13.7 Å². The van der Waals surface area contributed by atoms with Crippen LogP contribution in [-0.2, 0) is 9.53 Å². The Bertz CT molecular complexity index is 401. The fraction of sp³-hybridized carbons (Fsp3) is 0.562. The van der Waals surface area contributed by atoms with E-state index in [1.807, 2.05) is 19.1 Å². The number of nitrogens with one attached hydrogen (secondary N) is 1. The average Bonchev–Trinajstić information content (AvgIpc) is 2.46. The summed E-state index contributed by atoms with van der Waals surface area (Å²) in [6, 6.07) is 7.77. The Labute approximate surface area is 121 Å². The second-order valence-corrected chi connectivity index (χ2v) is 4.99. The summed E-state index contributed by atoms with van der Waals surface area (Å²) in [6.45, 7) is 7.48. The molecule has 20 heavy (non-hydrogen) atoms. The van der Waals surface area contributed by atoms with Gasteiger partial charge in [0.2, 0.25) is 0 Å². The van der Waals surface area contributed by atoms with Crippen LogP contribution in [0.4, 0.5) is 0 Å². The molecule has 0 aliphatic heterocycles. The monoisotopic (exact) mass is 279 g/mol. The van der Waals surface area contributed by atoms with Crippen molar-refractivity contribution in [3.63, 3.8) is 0 Å². The molecule has 1 unspecified atom stereocenters. The minimum atomic E-state index is -0.306. The van der Waals surface area contributed by atoms with Crippen LogP contribution in [-0.4, -0.2) is 32.3 Å². The van der Waals surface area contributed by atoms with Crippen LogP contribution in [0.15, 0.2) is 24.3 Å². The van der Waals surface area contributed by atoms with Gasteiger partial charge < -0.3 is 14.8 Å². The highest BCUT2D eigenvalue weighted by molar-refractivity contribution is 5.75. The fourth-order valence-corrected chi connectivity index (χ4v) is 1.94. The summed E-state index contributed by atoms with van der Waals surface area (Å²) in [4.78, 5) is 11.5. The lowest BCUT2D eigenvalue weighted by atomic mass is 10.0. The van der Waals surface area contributed by atoms with Crippen LogP contribution in [0.5, 0.6) is 5.75 Å². The number of ether oxygens (including phenoxy) is 2. The van der Waals surface area contributed by atoms with Gasteiger partial charge in [0.1, 0.15) is 11.8 Å². The molecule has 112 valence electrons. The fourth-order valence-electron chi connectivity index (χ4n) is 1.94. The summed E-state index contributed by atoms with van der Waals surface area (Å²) in [7, 11) is 1.40. The normalized spacial score (nSPS) is 12.2. The summed E-state index contributed by atoms with van der Waals surface area (Å²) < 4.78 is 10.4. The molecule has 1 rings (SSSR count). The Morgan fingerprint density at radius 3 is 2.40 bits per heavy atom. The zero-order chi connectivity index (χ0) is 15.0.